The molecule has 1 rings (SSSR count). The fraction of sp³-hybridized carbons (Fsp3) is 0.417. The van der Waals surface area contributed by atoms with Crippen LogP contribution in [0.1, 0.15) is 23.7 Å². The van der Waals surface area contributed by atoms with Gasteiger partial charge in [-0.15, -0.1) is 0 Å². The lowest BCUT2D eigenvalue weighted by Gasteiger charge is -2.05. The minimum absolute atomic E-state index is 0.158. The number of thioether (sulfide) groups is 1. The van der Waals surface area contributed by atoms with Crippen LogP contribution in [0.15, 0.2) is 18.2 Å². The molecule has 5 heteroatoms. The Hall–Kier alpha value is -1.23. The van der Waals surface area contributed by atoms with E-state index >= 15 is 0 Å². The Kier molecular flexibility index (Phi) is 5.83. The molecule has 0 aromatic heterocycles. The van der Waals surface area contributed by atoms with Gasteiger partial charge in [0.1, 0.15) is 5.82 Å². The number of nitrogen functional groups attached to an aromatic ring is 1. The van der Waals surface area contributed by atoms with Gasteiger partial charge in [-0.3, -0.25) is 0 Å². The number of benzene rings is 1. The van der Waals surface area contributed by atoms with Gasteiger partial charge in [-0.2, -0.15) is 11.8 Å². The van der Waals surface area contributed by atoms with E-state index in [-0.39, 0.29) is 11.3 Å². The maximum Gasteiger partial charge on any atom is 0.338 e. The minimum atomic E-state index is -0.530. The number of esters is 1. The smallest absolute Gasteiger partial charge is 0.338 e. The highest BCUT2D eigenvalue weighted by atomic mass is 32.2. The highest BCUT2D eigenvalue weighted by Crippen LogP contribution is 2.12. The van der Waals surface area contributed by atoms with Gasteiger partial charge in [0.25, 0.3) is 0 Å². The number of halogens is 1. The van der Waals surface area contributed by atoms with Gasteiger partial charge in [0.2, 0.25) is 0 Å². The van der Waals surface area contributed by atoms with Crippen molar-refractivity contribution in [1.29, 1.82) is 0 Å². The number of anilines is 1. The maximum absolute atomic E-state index is 13.0. The normalized spacial score (nSPS) is 10.2. The van der Waals surface area contributed by atoms with Crippen molar-refractivity contribution in [1.82, 2.24) is 0 Å². The van der Waals surface area contributed by atoms with Gasteiger partial charge in [-0.25, -0.2) is 9.18 Å². The van der Waals surface area contributed by atoms with E-state index in [0.717, 1.165) is 30.1 Å². The molecule has 0 unspecified atom stereocenters. The van der Waals surface area contributed by atoms with Crippen LogP contribution in [0.5, 0.6) is 0 Å². The fourth-order valence-corrected chi connectivity index (χ4v) is 1.89. The van der Waals surface area contributed by atoms with Gasteiger partial charge < -0.3 is 10.5 Å². The van der Waals surface area contributed by atoms with E-state index in [4.69, 9.17) is 10.5 Å². The SMILES string of the molecule is CCSCCCOC(=O)c1cc(N)cc(F)c1. The molecule has 0 atom stereocenters. The van der Waals surface area contributed by atoms with Gasteiger partial charge in [0.15, 0.2) is 0 Å². The average Bonchev–Trinajstić information content (AvgIpc) is 2.27. The summed E-state index contributed by atoms with van der Waals surface area (Å²) in [6, 6.07) is 3.69. The standard InChI is InChI=1S/C12H16FNO2S/c1-2-17-5-3-4-16-12(15)9-6-10(13)8-11(14)7-9/h6-8H,2-5,14H2,1H3. The summed E-state index contributed by atoms with van der Waals surface area (Å²) in [7, 11) is 0. The van der Waals surface area contributed by atoms with Crippen molar-refractivity contribution in [3.8, 4) is 0 Å². The molecule has 0 bridgehead atoms. The molecule has 0 spiro atoms. The quantitative estimate of drug-likeness (QED) is 0.483. The van der Waals surface area contributed by atoms with Crippen LogP contribution in [0.4, 0.5) is 10.1 Å². The average molecular weight is 257 g/mol. The number of hydrogen-bond acceptors (Lipinski definition) is 4. The molecule has 17 heavy (non-hydrogen) atoms. The molecule has 94 valence electrons. The molecule has 0 heterocycles. The predicted molar refractivity (Wildman–Crippen MR) is 68.7 cm³/mol. The highest BCUT2D eigenvalue weighted by Gasteiger charge is 2.09. The van der Waals surface area contributed by atoms with E-state index in [1.807, 2.05) is 0 Å². The first-order chi connectivity index (χ1) is 8.13. The minimum Gasteiger partial charge on any atom is -0.462 e. The van der Waals surface area contributed by atoms with Crippen LogP contribution < -0.4 is 5.73 Å². The number of rotatable bonds is 6. The first-order valence-corrected chi connectivity index (χ1v) is 6.60. The Morgan fingerprint density at radius 2 is 2.24 bits per heavy atom. The van der Waals surface area contributed by atoms with Crippen molar-refractivity contribution >= 4 is 23.4 Å². The summed E-state index contributed by atoms with van der Waals surface area (Å²) in [5.41, 5.74) is 5.82. The molecular weight excluding hydrogens is 241 g/mol. The molecule has 0 amide bonds. The van der Waals surface area contributed by atoms with Gasteiger partial charge in [0.05, 0.1) is 12.2 Å². The molecule has 0 radical (unpaired) electrons. The second-order valence-electron chi connectivity index (χ2n) is 3.46. The van der Waals surface area contributed by atoms with Crippen molar-refractivity contribution in [2.75, 3.05) is 23.8 Å². The highest BCUT2D eigenvalue weighted by molar-refractivity contribution is 7.99. The van der Waals surface area contributed by atoms with Crippen LogP contribution in [0.2, 0.25) is 0 Å². The fourth-order valence-electron chi connectivity index (χ4n) is 1.28. The molecule has 0 saturated heterocycles. The number of carbonyl (C=O) groups is 1. The van der Waals surface area contributed by atoms with Gasteiger partial charge in [-0.1, -0.05) is 6.92 Å². The summed E-state index contributed by atoms with van der Waals surface area (Å²) < 4.78 is 18.0. The number of ether oxygens (including phenoxy) is 1. The zero-order valence-electron chi connectivity index (χ0n) is 9.74. The Morgan fingerprint density at radius 1 is 1.47 bits per heavy atom. The molecule has 0 fully saturated rings. The summed E-state index contributed by atoms with van der Waals surface area (Å²) in [6.45, 7) is 2.43. The third-order valence-corrected chi connectivity index (χ3v) is 3.01. The largest absolute Gasteiger partial charge is 0.462 e. The zero-order valence-corrected chi connectivity index (χ0v) is 10.6. The first-order valence-electron chi connectivity index (χ1n) is 5.44. The maximum atomic E-state index is 13.0. The van der Waals surface area contributed by atoms with Crippen LogP contribution in [-0.2, 0) is 4.74 Å². The summed E-state index contributed by atoms with van der Waals surface area (Å²) >= 11 is 1.79. The molecule has 2 N–H and O–H groups in total. The van der Waals surface area contributed by atoms with Crippen LogP contribution in [0.25, 0.3) is 0 Å². The lowest BCUT2D eigenvalue weighted by molar-refractivity contribution is 0.0506. The van der Waals surface area contributed by atoms with E-state index in [1.165, 1.54) is 6.07 Å². The molecule has 0 aliphatic heterocycles. The number of nitrogens with two attached hydrogens (primary N) is 1. The van der Waals surface area contributed by atoms with E-state index in [1.54, 1.807) is 11.8 Å². The lowest BCUT2D eigenvalue weighted by Crippen LogP contribution is -2.08. The van der Waals surface area contributed by atoms with E-state index in [0.29, 0.717) is 6.61 Å². The van der Waals surface area contributed by atoms with Crippen LogP contribution in [0.3, 0.4) is 0 Å². The summed E-state index contributed by atoms with van der Waals surface area (Å²) in [4.78, 5) is 11.5. The molecular formula is C12H16FNO2S. The Bertz CT molecular complexity index is 365. The number of carbonyl (C=O) groups excluding carboxylic acids is 1. The van der Waals surface area contributed by atoms with Crippen molar-refractivity contribution in [2.45, 2.75) is 13.3 Å². The molecule has 0 saturated carbocycles. The molecule has 1 aromatic rings. The molecule has 1 aromatic carbocycles. The third-order valence-electron chi connectivity index (χ3n) is 2.03. The van der Waals surface area contributed by atoms with E-state index < -0.39 is 11.8 Å². The second-order valence-corrected chi connectivity index (χ2v) is 4.85. The summed E-state index contributed by atoms with van der Waals surface area (Å²) in [6.07, 6.45) is 0.801. The summed E-state index contributed by atoms with van der Waals surface area (Å²) in [5, 5.41) is 0. The lowest BCUT2D eigenvalue weighted by atomic mass is 10.2. The summed E-state index contributed by atoms with van der Waals surface area (Å²) in [5.74, 6) is 0.944. The van der Waals surface area contributed by atoms with Crippen molar-refractivity contribution in [3.63, 3.8) is 0 Å². The van der Waals surface area contributed by atoms with Gasteiger partial charge >= 0.3 is 5.97 Å². The Labute approximate surface area is 105 Å². The van der Waals surface area contributed by atoms with Crippen LogP contribution in [0, 0.1) is 5.82 Å². The van der Waals surface area contributed by atoms with Crippen molar-refractivity contribution < 1.29 is 13.9 Å². The third kappa shape index (κ3) is 5.08. The van der Waals surface area contributed by atoms with E-state index in [9.17, 15) is 9.18 Å². The predicted octanol–water partition coefficient (Wildman–Crippen LogP) is 2.71. The van der Waals surface area contributed by atoms with Crippen molar-refractivity contribution in [3.05, 3.63) is 29.6 Å². The molecule has 0 aliphatic carbocycles. The topological polar surface area (TPSA) is 52.3 Å². The van der Waals surface area contributed by atoms with E-state index in [2.05, 4.69) is 6.92 Å². The number of hydrogen-bond donors (Lipinski definition) is 1. The van der Waals surface area contributed by atoms with Gasteiger partial charge in [-0.05, 0) is 36.1 Å². The molecule has 0 aliphatic rings. The Balaban J connectivity index is 2.41. The monoisotopic (exact) mass is 257 g/mol. The second kappa shape index (κ2) is 7.17. The Morgan fingerprint density at radius 3 is 2.88 bits per heavy atom. The van der Waals surface area contributed by atoms with Crippen molar-refractivity contribution in [2.24, 2.45) is 0 Å². The first kappa shape index (κ1) is 13.8. The van der Waals surface area contributed by atoms with Crippen LogP contribution >= 0.6 is 11.8 Å². The van der Waals surface area contributed by atoms with Crippen LogP contribution in [-0.4, -0.2) is 24.1 Å². The zero-order chi connectivity index (χ0) is 12.7. The molecule has 3 nitrogen and oxygen atoms in total. The van der Waals surface area contributed by atoms with Gasteiger partial charge in [0, 0.05) is 5.69 Å².